The van der Waals surface area contributed by atoms with Crippen LogP contribution in [0.15, 0.2) is 48.5 Å². The highest BCUT2D eigenvalue weighted by Crippen LogP contribution is 2.38. The van der Waals surface area contributed by atoms with Crippen LogP contribution in [0.4, 0.5) is 0 Å². The molecule has 1 aliphatic carbocycles. The molecular weight excluding hydrogens is 372 g/mol. The first-order valence-corrected chi connectivity index (χ1v) is 13.3. The lowest BCUT2D eigenvalue weighted by Crippen LogP contribution is -2.14. The van der Waals surface area contributed by atoms with Crippen LogP contribution in [0.25, 0.3) is 11.1 Å². The highest BCUT2D eigenvalue weighted by atomic mass is 14.3. The lowest BCUT2D eigenvalue weighted by atomic mass is 9.76. The average molecular weight is 419 g/mol. The third-order valence-electron chi connectivity index (χ3n) is 7.49. The smallest absolute Gasteiger partial charge is 0.0162 e. The van der Waals surface area contributed by atoms with Crippen molar-refractivity contribution in [3.05, 3.63) is 59.7 Å². The van der Waals surface area contributed by atoms with Gasteiger partial charge in [-0.15, -0.1) is 0 Å². The van der Waals surface area contributed by atoms with Gasteiger partial charge in [0.05, 0.1) is 0 Å². The zero-order valence-electron chi connectivity index (χ0n) is 20.5. The van der Waals surface area contributed by atoms with Gasteiger partial charge in [0, 0.05) is 0 Å². The van der Waals surface area contributed by atoms with E-state index in [2.05, 4.69) is 69.3 Å². The van der Waals surface area contributed by atoms with E-state index in [1.54, 1.807) is 5.56 Å². The molecular formula is C31H46. The highest BCUT2D eigenvalue weighted by Gasteiger charge is 2.22. The molecule has 0 heterocycles. The van der Waals surface area contributed by atoms with Crippen molar-refractivity contribution in [1.82, 2.24) is 0 Å². The van der Waals surface area contributed by atoms with E-state index in [1.165, 1.54) is 100 Å². The summed E-state index contributed by atoms with van der Waals surface area (Å²) >= 11 is 0. The van der Waals surface area contributed by atoms with Crippen LogP contribution in [-0.4, -0.2) is 0 Å². The van der Waals surface area contributed by atoms with Gasteiger partial charge in [-0.1, -0.05) is 114 Å². The monoisotopic (exact) mass is 418 g/mol. The largest absolute Gasteiger partial charge is 0.0654 e. The lowest BCUT2D eigenvalue weighted by molar-refractivity contribution is 0.293. The minimum atomic E-state index is 0.782. The van der Waals surface area contributed by atoms with Gasteiger partial charge in [0.15, 0.2) is 0 Å². The van der Waals surface area contributed by atoms with Gasteiger partial charge < -0.3 is 0 Å². The molecule has 0 N–H and O–H groups in total. The number of unbranched alkanes of at least 4 members (excludes halogenated alkanes) is 5. The van der Waals surface area contributed by atoms with Crippen molar-refractivity contribution in [2.75, 3.05) is 0 Å². The predicted molar refractivity (Wildman–Crippen MR) is 138 cm³/mol. The van der Waals surface area contributed by atoms with Crippen LogP contribution < -0.4 is 0 Å². The second kappa shape index (κ2) is 13.1. The quantitative estimate of drug-likeness (QED) is 0.301. The van der Waals surface area contributed by atoms with Crippen molar-refractivity contribution in [1.29, 1.82) is 0 Å². The highest BCUT2D eigenvalue weighted by molar-refractivity contribution is 5.64. The third-order valence-corrected chi connectivity index (χ3v) is 7.49. The average Bonchev–Trinajstić information content (AvgIpc) is 2.81. The molecule has 0 aliphatic heterocycles. The van der Waals surface area contributed by atoms with E-state index < -0.39 is 0 Å². The Morgan fingerprint density at radius 3 is 1.90 bits per heavy atom. The lowest BCUT2D eigenvalue weighted by Gasteiger charge is -2.29. The minimum absolute atomic E-state index is 0.782. The fourth-order valence-corrected chi connectivity index (χ4v) is 5.27. The molecule has 0 saturated heterocycles. The Hall–Kier alpha value is -1.56. The zero-order valence-corrected chi connectivity index (χ0v) is 20.5. The Bertz CT molecular complexity index is 714. The van der Waals surface area contributed by atoms with Crippen molar-refractivity contribution < 1.29 is 0 Å². The van der Waals surface area contributed by atoms with Gasteiger partial charge in [0.1, 0.15) is 0 Å². The summed E-state index contributed by atoms with van der Waals surface area (Å²) < 4.78 is 0. The molecule has 2 aromatic rings. The molecule has 0 radical (unpaired) electrons. The van der Waals surface area contributed by atoms with Crippen molar-refractivity contribution >= 4 is 0 Å². The van der Waals surface area contributed by atoms with Crippen LogP contribution in [0.3, 0.4) is 0 Å². The molecule has 170 valence electrons. The minimum Gasteiger partial charge on any atom is -0.0654 e. The molecule has 0 amide bonds. The molecule has 1 saturated carbocycles. The van der Waals surface area contributed by atoms with E-state index in [0.29, 0.717) is 0 Å². The Kier molecular flexibility index (Phi) is 10.2. The maximum absolute atomic E-state index is 2.40. The van der Waals surface area contributed by atoms with Crippen LogP contribution >= 0.6 is 0 Å². The van der Waals surface area contributed by atoms with Crippen molar-refractivity contribution in [3.63, 3.8) is 0 Å². The van der Waals surface area contributed by atoms with Gasteiger partial charge in [0.25, 0.3) is 0 Å². The molecule has 3 rings (SSSR count). The first-order chi connectivity index (χ1) is 15.2. The second-order valence-corrected chi connectivity index (χ2v) is 10.5. The summed E-state index contributed by atoms with van der Waals surface area (Å²) in [5.74, 6) is 2.62. The SMILES string of the molecule is CCCCCCCCc1ccc(-c2ccc(C3CCC(CCC(C)C)CC3)cc2)cc1. The Morgan fingerprint density at radius 1 is 0.710 bits per heavy atom. The number of aryl methyl sites for hydroxylation is 1. The van der Waals surface area contributed by atoms with Gasteiger partial charge in [-0.2, -0.15) is 0 Å². The number of benzene rings is 2. The van der Waals surface area contributed by atoms with E-state index in [0.717, 1.165) is 17.8 Å². The summed E-state index contributed by atoms with van der Waals surface area (Å²) in [5, 5.41) is 0. The Balaban J connectivity index is 1.44. The summed E-state index contributed by atoms with van der Waals surface area (Å²) in [7, 11) is 0. The summed E-state index contributed by atoms with van der Waals surface area (Å²) in [6, 6.07) is 18.8. The van der Waals surface area contributed by atoms with E-state index >= 15 is 0 Å². The van der Waals surface area contributed by atoms with E-state index in [1.807, 2.05) is 0 Å². The molecule has 2 aromatic carbocycles. The molecule has 0 nitrogen and oxygen atoms in total. The molecule has 0 unspecified atom stereocenters. The molecule has 0 spiro atoms. The molecule has 0 bridgehead atoms. The molecule has 0 aromatic heterocycles. The predicted octanol–water partition coefficient (Wildman–Crippen LogP) is 9.97. The van der Waals surface area contributed by atoms with Crippen molar-refractivity contribution in [2.24, 2.45) is 11.8 Å². The van der Waals surface area contributed by atoms with E-state index in [4.69, 9.17) is 0 Å². The zero-order chi connectivity index (χ0) is 21.9. The molecule has 0 heteroatoms. The summed E-state index contributed by atoms with van der Waals surface area (Å²) in [6.45, 7) is 7.00. The molecule has 1 fully saturated rings. The Labute approximate surface area is 192 Å². The van der Waals surface area contributed by atoms with Gasteiger partial charge >= 0.3 is 0 Å². The van der Waals surface area contributed by atoms with Gasteiger partial charge in [-0.25, -0.2) is 0 Å². The first-order valence-electron chi connectivity index (χ1n) is 13.3. The number of hydrogen-bond acceptors (Lipinski definition) is 0. The standard InChI is InChI=1S/C31H46/c1-4-5-6-7-8-9-10-26-13-17-28(18-14-26)30-21-23-31(24-22-30)29-19-15-27(16-20-29)12-11-25(2)3/h13-14,17-18,21-25,27,29H,4-12,15-16,19-20H2,1-3H3. The van der Waals surface area contributed by atoms with Gasteiger partial charge in [0.2, 0.25) is 0 Å². The molecule has 1 aliphatic rings. The maximum atomic E-state index is 2.40. The third kappa shape index (κ3) is 8.13. The van der Waals surface area contributed by atoms with Crippen molar-refractivity contribution in [3.8, 4) is 11.1 Å². The van der Waals surface area contributed by atoms with Crippen LogP contribution in [0.2, 0.25) is 0 Å². The summed E-state index contributed by atoms with van der Waals surface area (Å²) in [4.78, 5) is 0. The number of rotatable bonds is 12. The van der Waals surface area contributed by atoms with Crippen LogP contribution in [0, 0.1) is 11.8 Å². The van der Waals surface area contributed by atoms with Crippen LogP contribution in [0.1, 0.15) is 115 Å². The van der Waals surface area contributed by atoms with Crippen LogP contribution in [-0.2, 0) is 6.42 Å². The van der Waals surface area contributed by atoms with Crippen LogP contribution in [0.5, 0.6) is 0 Å². The van der Waals surface area contributed by atoms with E-state index in [9.17, 15) is 0 Å². The topological polar surface area (TPSA) is 0 Å². The molecule has 0 atom stereocenters. The van der Waals surface area contributed by atoms with Crippen molar-refractivity contribution in [2.45, 2.75) is 110 Å². The second-order valence-electron chi connectivity index (χ2n) is 10.5. The summed E-state index contributed by atoms with van der Waals surface area (Å²) in [5.41, 5.74) is 5.77. The first kappa shape index (κ1) is 24.1. The normalized spacial score (nSPS) is 19.1. The fourth-order valence-electron chi connectivity index (χ4n) is 5.27. The van der Waals surface area contributed by atoms with Gasteiger partial charge in [-0.3, -0.25) is 0 Å². The van der Waals surface area contributed by atoms with Gasteiger partial charge in [-0.05, 0) is 78.5 Å². The van der Waals surface area contributed by atoms with E-state index in [-0.39, 0.29) is 0 Å². The number of hydrogen-bond donors (Lipinski definition) is 0. The Morgan fingerprint density at radius 2 is 1.29 bits per heavy atom. The fraction of sp³-hybridized carbons (Fsp3) is 0.613. The molecule has 31 heavy (non-hydrogen) atoms. The maximum Gasteiger partial charge on any atom is -0.0162 e. The summed E-state index contributed by atoms with van der Waals surface area (Å²) in [6.07, 6.45) is 18.0.